The van der Waals surface area contributed by atoms with Crippen molar-refractivity contribution in [2.45, 2.75) is 24.8 Å². The molecule has 0 amide bonds. The third kappa shape index (κ3) is 3.09. The van der Waals surface area contributed by atoms with E-state index in [0.29, 0.717) is 5.56 Å². The molecular formula is C14H19BrN2O2. The molecule has 2 N–H and O–H groups in total. The van der Waals surface area contributed by atoms with Crippen LogP contribution in [0.25, 0.3) is 0 Å². The molecule has 19 heavy (non-hydrogen) atoms. The zero-order valence-electron chi connectivity index (χ0n) is 11.2. The lowest BCUT2D eigenvalue weighted by Crippen LogP contribution is -2.54. The van der Waals surface area contributed by atoms with Crippen LogP contribution in [-0.2, 0) is 0 Å². The second kappa shape index (κ2) is 5.51. The number of anilines is 1. The van der Waals surface area contributed by atoms with Gasteiger partial charge in [-0.15, -0.1) is 0 Å². The SMILES string of the molecule is CN(C)C1(CNc2cc(Br)cc(C(=O)O)c2)CCC1. The zero-order chi connectivity index (χ0) is 14.0. The van der Waals surface area contributed by atoms with Gasteiger partial charge in [0.1, 0.15) is 0 Å². The van der Waals surface area contributed by atoms with Crippen LogP contribution in [0, 0.1) is 0 Å². The lowest BCUT2D eigenvalue weighted by atomic mass is 9.75. The molecule has 0 heterocycles. The number of benzene rings is 1. The highest BCUT2D eigenvalue weighted by molar-refractivity contribution is 9.10. The monoisotopic (exact) mass is 326 g/mol. The second-order valence-corrected chi connectivity index (χ2v) is 6.28. The Balaban J connectivity index is 2.09. The summed E-state index contributed by atoms with van der Waals surface area (Å²) in [5, 5.41) is 12.4. The number of aromatic carboxylic acids is 1. The molecule has 104 valence electrons. The number of carboxylic acid groups (broad SMARTS) is 1. The maximum Gasteiger partial charge on any atom is 0.335 e. The first-order chi connectivity index (χ1) is 8.93. The average Bonchev–Trinajstić information content (AvgIpc) is 2.26. The molecule has 0 saturated heterocycles. The number of carboxylic acids is 1. The van der Waals surface area contributed by atoms with Gasteiger partial charge in [0.25, 0.3) is 0 Å². The summed E-state index contributed by atoms with van der Waals surface area (Å²) < 4.78 is 0.780. The summed E-state index contributed by atoms with van der Waals surface area (Å²) in [4.78, 5) is 13.3. The average molecular weight is 327 g/mol. The maximum atomic E-state index is 11.0. The first-order valence-corrected chi connectivity index (χ1v) is 7.17. The Bertz CT molecular complexity index is 484. The number of hydrogen-bond acceptors (Lipinski definition) is 3. The Hall–Kier alpha value is -1.07. The Kier molecular flexibility index (Phi) is 4.16. The van der Waals surface area contributed by atoms with Gasteiger partial charge in [-0.2, -0.15) is 0 Å². The molecule has 0 atom stereocenters. The van der Waals surface area contributed by atoms with Gasteiger partial charge in [-0.3, -0.25) is 0 Å². The van der Waals surface area contributed by atoms with E-state index >= 15 is 0 Å². The second-order valence-electron chi connectivity index (χ2n) is 5.36. The van der Waals surface area contributed by atoms with E-state index in [9.17, 15) is 4.79 Å². The summed E-state index contributed by atoms with van der Waals surface area (Å²) in [5.74, 6) is -0.907. The Morgan fingerprint density at radius 2 is 2.11 bits per heavy atom. The van der Waals surface area contributed by atoms with Crippen molar-refractivity contribution in [3.05, 3.63) is 28.2 Å². The van der Waals surface area contributed by atoms with E-state index in [1.54, 1.807) is 12.1 Å². The largest absolute Gasteiger partial charge is 0.478 e. The molecule has 1 aliphatic rings. The van der Waals surface area contributed by atoms with Gasteiger partial charge < -0.3 is 15.3 Å². The van der Waals surface area contributed by atoms with Crippen LogP contribution in [-0.4, -0.2) is 42.2 Å². The van der Waals surface area contributed by atoms with Crippen molar-refractivity contribution in [2.24, 2.45) is 0 Å². The summed E-state index contributed by atoms with van der Waals surface area (Å²) in [6.45, 7) is 0.843. The molecule has 0 bridgehead atoms. The normalized spacial score (nSPS) is 17.1. The molecule has 1 saturated carbocycles. The molecule has 0 spiro atoms. The third-order valence-electron chi connectivity index (χ3n) is 4.00. The lowest BCUT2D eigenvalue weighted by molar-refractivity contribution is 0.0697. The van der Waals surface area contributed by atoms with Crippen molar-refractivity contribution in [3.63, 3.8) is 0 Å². The fraction of sp³-hybridized carbons (Fsp3) is 0.500. The molecule has 1 fully saturated rings. The minimum atomic E-state index is -0.907. The number of carbonyl (C=O) groups is 1. The van der Waals surface area contributed by atoms with Crippen LogP contribution in [0.1, 0.15) is 29.6 Å². The predicted octanol–water partition coefficient (Wildman–Crippen LogP) is 3.04. The molecule has 0 aliphatic heterocycles. The Morgan fingerprint density at radius 3 is 2.58 bits per heavy atom. The van der Waals surface area contributed by atoms with E-state index < -0.39 is 5.97 Å². The highest BCUT2D eigenvalue weighted by atomic mass is 79.9. The number of halogens is 1. The van der Waals surface area contributed by atoms with Crippen LogP contribution in [0.3, 0.4) is 0 Å². The van der Waals surface area contributed by atoms with Crippen LogP contribution in [0.2, 0.25) is 0 Å². The van der Waals surface area contributed by atoms with E-state index in [4.69, 9.17) is 5.11 Å². The van der Waals surface area contributed by atoms with Crippen molar-refractivity contribution in [1.29, 1.82) is 0 Å². The number of nitrogens with one attached hydrogen (secondary N) is 1. The van der Waals surface area contributed by atoms with Gasteiger partial charge in [0.05, 0.1) is 5.56 Å². The van der Waals surface area contributed by atoms with Crippen molar-refractivity contribution in [2.75, 3.05) is 26.0 Å². The van der Waals surface area contributed by atoms with Crippen LogP contribution < -0.4 is 5.32 Å². The zero-order valence-corrected chi connectivity index (χ0v) is 12.8. The minimum absolute atomic E-state index is 0.214. The fourth-order valence-corrected chi connectivity index (χ4v) is 2.94. The van der Waals surface area contributed by atoms with Crippen molar-refractivity contribution < 1.29 is 9.90 Å². The number of hydrogen-bond donors (Lipinski definition) is 2. The molecule has 0 aromatic heterocycles. The summed E-state index contributed by atoms with van der Waals surface area (Å²) >= 11 is 3.35. The number of likely N-dealkylation sites (N-methyl/N-ethyl adjacent to an activating group) is 1. The van der Waals surface area contributed by atoms with Gasteiger partial charge >= 0.3 is 5.97 Å². The predicted molar refractivity (Wildman–Crippen MR) is 79.9 cm³/mol. The lowest BCUT2D eigenvalue weighted by Gasteiger charge is -2.47. The molecule has 1 aliphatic carbocycles. The first-order valence-electron chi connectivity index (χ1n) is 6.38. The van der Waals surface area contributed by atoms with E-state index in [1.807, 2.05) is 6.07 Å². The van der Waals surface area contributed by atoms with Crippen LogP contribution in [0.4, 0.5) is 5.69 Å². The molecule has 4 nitrogen and oxygen atoms in total. The smallest absolute Gasteiger partial charge is 0.335 e. The number of nitrogens with zero attached hydrogens (tertiary/aromatic N) is 1. The van der Waals surface area contributed by atoms with Gasteiger partial charge in [0.2, 0.25) is 0 Å². The Labute approximate surface area is 121 Å². The van der Waals surface area contributed by atoms with E-state index in [0.717, 1.165) is 16.7 Å². The summed E-state index contributed by atoms with van der Waals surface area (Å²) in [6.07, 6.45) is 3.64. The summed E-state index contributed by atoms with van der Waals surface area (Å²) in [5.41, 5.74) is 1.36. The summed E-state index contributed by atoms with van der Waals surface area (Å²) in [6, 6.07) is 5.20. The van der Waals surface area contributed by atoms with Crippen molar-refractivity contribution in [3.8, 4) is 0 Å². The fourth-order valence-electron chi connectivity index (χ4n) is 2.45. The Morgan fingerprint density at radius 1 is 1.42 bits per heavy atom. The van der Waals surface area contributed by atoms with Crippen LogP contribution in [0.5, 0.6) is 0 Å². The van der Waals surface area contributed by atoms with Crippen molar-refractivity contribution in [1.82, 2.24) is 4.90 Å². The molecule has 0 unspecified atom stereocenters. The molecule has 1 aromatic rings. The van der Waals surface area contributed by atoms with E-state index in [-0.39, 0.29) is 5.54 Å². The highest BCUT2D eigenvalue weighted by Gasteiger charge is 2.38. The first kappa shape index (κ1) is 14.3. The molecule has 2 rings (SSSR count). The molecule has 0 radical (unpaired) electrons. The summed E-state index contributed by atoms with van der Waals surface area (Å²) in [7, 11) is 4.20. The van der Waals surface area contributed by atoms with Gasteiger partial charge in [0.15, 0.2) is 0 Å². The third-order valence-corrected chi connectivity index (χ3v) is 4.46. The molecular weight excluding hydrogens is 308 g/mol. The highest BCUT2D eigenvalue weighted by Crippen LogP contribution is 2.36. The topological polar surface area (TPSA) is 52.6 Å². The molecule has 1 aromatic carbocycles. The van der Waals surface area contributed by atoms with Crippen molar-refractivity contribution >= 4 is 27.6 Å². The maximum absolute atomic E-state index is 11.0. The van der Waals surface area contributed by atoms with Crippen LogP contribution >= 0.6 is 15.9 Å². The van der Waals surface area contributed by atoms with Gasteiger partial charge in [0, 0.05) is 22.2 Å². The van der Waals surface area contributed by atoms with E-state index in [1.165, 1.54) is 19.3 Å². The van der Waals surface area contributed by atoms with Gasteiger partial charge in [-0.05, 0) is 51.6 Å². The minimum Gasteiger partial charge on any atom is -0.478 e. The number of rotatable bonds is 5. The van der Waals surface area contributed by atoms with Crippen LogP contribution in [0.15, 0.2) is 22.7 Å². The van der Waals surface area contributed by atoms with Gasteiger partial charge in [-0.25, -0.2) is 4.79 Å². The van der Waals surface area contributed by atoms with Gasteiger partial charge in [-0.1, -0.05) is 15.9 Å². The quantitative estimate of drug-likeness (QED) is 0.873. The van der Waals surface area contributed by atoms with E-state index in [2.05, 4.69) is 40.2 Å². The molecule has 5 heteroatoms. The standard InChI is InChI=1S/C14H19BrN2O2/c1-17(2)14(4-3-5-14)9-16-12-7-10(13(18)19)6-11(15)8-12/h6-8,16H,3-5,9H2,1-2H3,(H,18,19).